The molecule has 45 heavy (non-hydrogen) atoms. The first kappa shape index (κ1) is 26.3. The van der Waals surface area contributed by atoms with Gasteiger partial charge >= 0.3 is 0 Å². The fourth-order valence-electron chi connectivity index (χ4n) is 5.59. The van der Waals surface area contributed by atoms with Gasteiger partial charge in [-0.1, -0.05) is 96.8 Å². The van der Waals surface area contributed by atoms with Crippen molar-refractivity contribution in [3.05, 3.63) is 169 Å². The molecule has 0 radical (unpaired) electrons. The van der Waals surface area contributed by atoms with Crippen LogP contribution in [0.15, 0.2) is 158 Å². The molecule has 0 bridgehead atoms. The van der Waals surface area contributed by atoms with E-state index in [0.29, 0.717) is 0 Å². The number of aromatic nitrogens is 3. The zero-order chi connectivity index (χ0) is 30.0. The average molecular weight is 579 g/mol. The van der Waals surface area contributed by atoms with Crippen LogP contribution in [0, 0.1) is 11.8 Å². The highest BCUT2D eigenvalue weighted by Crippen LogP contribution is 2.49. The molecule has 0 N–H and O–H groups in total. The molecule has 8 rings (SSSR count). The highest BCUT2D eigenvalue weighted by molar-refractivity contribution is 5.86. The van der Waals surface area contributed by atoms with E-state index in [-0.39, 0.29) is 0 Å². The third kappa shape index (κ3) is 5.01. The summed E-state index contributed by atoms with van der Waals surface area (Å²) in [7, 11) is 0. The molecular formula is C40H26N4O. The molecular weight excluding hydrogens is 552 g/mol. The largest absolute Gasteiger partial charge is 0.453 e. The van der Waals surface area contributed by atoms with Gasteiger partial charge in [-0.2, -0.15) is 0 Å². The van der Waals surface area contributed by atoms with Gasteiger partial charge in [-0.05, 0) is 72.8 Å². The van der Waals surface area contributed by atoms with Crippen LogP contribution in [0.25, 0.3) is 28.5 Å². The molecule has 0 aliphatic carbocycles. The number of benzene rings is 6. The van der Waals surface area contributed by atoms with E-state index in [2.05, 4.69) is 104 Å². The summed E-state index contributed by atoms with van der Waals surface area (Å²) in [6.45, 7) is 0. The van der Waals surface area contributed by atoms with Crippen molar-refractivity contribution in [2.75, 3.05) is 4.90 Å². The lowest BCUT2D eigenvalue weighted by Gasteiger charge is -2.32. The number of rotatable bonds is 4. The monoisotopic (exact) mass is 578 g/mol. The van der Waals surface area contributed by atoms with Crippen LogP contribution in [0.4, 0.5) is 17.1 Å². The average Bonchev–Trinajstić information content (AvgIpc) is 3.56. The number of para-hydroxylation sites is 4. The Kier molecular flexibility index (Phi) is 6.63. The van der Waals surface area contributed by atoms with Gasteiger partial charge in [0.05, 0.1) is 11.4 Å². The van der Waals surface area contributed by atoms with Crippen molar-refractivity contribution in [2.24, 2.45) is 0 Å². The number of hydrogen-bond donors (Lipinski definition) is 0. The van der Waals surface area contributed by atoms with Gasteiger partial charge in [-0.3, -0.25) is 4.57 Å². The summed E-state index contributed by atoms with van der Waals surface area (Å²) in [5.41, 5.74) is 7.91. The van der Waals surface area contributed by atoms with Crippen LogP contribution in [0.2, 0.25) is 0 Å². The fraction of sp³-hybridized carbons (Fsp3) is 0. The molecule has 7 aromatic rings. The molecule has 1 aliphatic heterocycles. The number of fused-ring (bicyclic) bond motifs is 2. The third-order valence-electron chi connectivity index (χ3n) is 7.76. The van der Waals surface area contributed by atoms with Crippen molar-refractivity contribution in [3.63, 3.8) is 0 Å². The molecule has 212 valence electrons. The van der Waals surface area contributed by atoms with Crippen molar-refractivity contribution < 1.29 is 4.74 Å². The summed E-state index contributed by atoms with van der Waals surface area (Å²) in [6, 6.07) is 53.0. The standard InChI is InChI=1S/C40H26N4O/c1-3-11-31(12-4-1)39-41-42-40(32-13-5-2-6-14-32)44(39)34-27-23-30(24-28-34)20-19-29-21-25-33(26-22-29)43-35-15-7-9-17-37(35)45-38-18-10-8-16-36(38)43/h1-18,21-28H. The Morgan fingerprint density at radius 3 is 1.33 bits per heavy atom. The van der Waals surface area contributed by atoms with Crippen molar-refractivity contribution in [1.29, 1.82) is 0 Å². The second-order valence-corrected chi connectivity index (χ2v) is 10.6. The lowest BCUT2D eigenvalue weighted by Crippen LogP contribution is -2.15. The number of ether oxygens (including phenoxy) is 1. The molecule has 0 fully saturated rings. The lowest BCUT2D eigenvalue weighted by molar-refractivity contribution is 0.477. The van der Waals surface area contributed by atoms with Crippen LogP contribution in [0.5, 0.6) is 11.5 Å². The topological polar surface area (TPSA) is 43.2 Å². The van der Waals surface area contributed by atoms with Crippen LogP contribution in [0.3, 0.4) is 0 Å². The summed E-state index contributed by atoms with van der Waals surface area (Å²) < 4.78 is 8.26. The SMILES string of the molecule is C(#Cc1ccc(-n2c(-c3ccccc3)nnc2-c2ccccc2)cc1)c1ccc(N2c3ccccc3Oc3ccccc32)cc1. The first-order chi connectivity index (χ1) is 22.3. The van der Waals surface area contributed by atoms with E-state index in [1.807, 2.05) is 84.9 Å². The first-order valence-corrected chi connectivity index (χ1v) is 14.8. The Balaban J connectivity index is 1.08. The fourth-order valence-corrected chi connectivity index (χ4v) is 5.59. The van der Waals surface area contributed by atoms with Crippen LogP contribution < -0.4 is 9.64 Å². The molecule has 5 heteroatoms. The van der Waals surface area contributed by atoms with Gasteiger partial charge in [0.15, 0.2) is 23.1 Å². The van der Waals surface area contributed by atoms with Gasteiger partial charge in [0.2, 0.25) is 0 Å². The van der Waals surface area contributed by atoms with Gasteiger partial charge in [-0.25, -0.2) is 0 Å². The number of nitrogens with zero attached hydrogens (tertiary/aromatic N) is 4. The minimum Gasteiger partial charge on any atom is -0.453 e. The highest BCUT2D eigenvalue weighted by Gasteiger charge is 2.25. The van der Waals surface area contributed by atoms with E-state index in [1.165, 1.54) is 0 Å². The van der Waals surface area contributed by atoms with Gasteiger partial charge < -0.3 is 9.64 Å². The molecule has 2 heterocycles. The van der Waals surface area contributed by atoms with Crippen molar-refractivity contribution >= 4 is 17.1 Å². The Morgan fingerprint density at radius 1 is 0.422 bits per heavy atom. The minimum atomic E-state index is 0.791. The van der Waals surface area contributed by atoms with Crippen molar-refractivity contribution in [3.8, 4) is 51.8 Å². The molecule has 0 unspecified atom stereocenters. The predicted octanol–water partition coefficient (Wildman–Crippen LogP) is 9.58. The third-order valence-corrected chi connectivity index (χ3v) is 7.76. The van der Waals surface area contributed by atoms with E-state index >= 15 is 0 Å². The normalized spacial score (nSPS) is 11.5. The van der Waals surface area contributed by atoms with Gasteiger partial charge in [0, 0.05) is 33.6 Å². The quantitative estimate of drug-likeness (QED) is 0.195. The van der Waals surface area contributed by atoms with Crippen LogP contribution in [-0.4, -0.2) is 14.8 Å². The van der Waals surface area contributed by atoms with Crippen LogP contribution in [0.1, 0.15) is 11.1 Å². The molecule has 5 nitrogen and oxygen atoms in total. The van der Waals surface area contributed by atoms with E-state index < -0.39 is 0 Å². The second-order valence-electron chi connectivity index (χ2n) is 10.6. The molecule has 0 saturated carbocycles. The summed E-state index contributed by atoms with van der Waals surface area (Å²) in [4.78, 5) is 2.22. The molecule has 0 amide bonds. The second kappa shape index (κ2) is 11.4. The number of hydrogen-bond acceptors (Lipinski definition) is 4. The Labute approximate surface area is 261 Å². The van der Waals surface area contributed by atoms with Crippen LogP contribution >= 0.6 is 0 Å². The minimum absolute atomic E-state index is 0.791. The Hall–Kier alpha value is -6.38. The number of anilines is 3. The molecule has 6 aromatic carbocycles. The van der Waals surface area contributed by atoms with E-state index in [0.717, 1.165) is 68.2 Å². The van der Waals surface area contributed by atoms with E-state index in [9.17, 15) is 0 Å². The zero-order valence-electron chi connectivity index (χ0n) is 24.2. The van der Waals surface area contributed by atoms with Crippen molar-refractivity contribution in [1.82, 2.24) is 14.8 Å². The maximum absolute atomic E-state index is 6.16. The van der Waals surface area contributed by atoms with Gasteiger partial charge in [0.25, 0.3) is 0 Å². The van der Waals surface area contributed by atoms with Crippen LogP contribution in [-0.2, 0) is 0 Å². The first-order valence-electron chi connectivity index (χ1n) is 14.8. The highest BCUT2D eigenvalue weighted by atomic mass is 16.5. The van der Waals surface area contributed by atoms with Crippen molar-refractivity contribution in [2.45, 2.75) is 0 Å². The lowest BCUT2D eigenvalue weighted by atomic mass is 10.1. The maximum Gasteiger partial charge on any atom is 0.168 e. The smallest absolute Gasteiger partial charge is 0.168 e. The summed E-state index contributed by atoms with van der Waals surface area (Å²) in [5.74, 6) is 9.92. The summed E-state index contributed by atoms with van der Waals surface area (Å²) >= 11 is 0. The summed E-state index contributed by atoms with van der Waals surface area (Å²) in [6.07, 6.45) is 0. The molecule has 0 saturated heterocycles. The van der Waals surface area contributed by atoms with E-state index in [1.54, 1.807) is 0 Å². The molecule has 0 atom stereocenters. The molecule has 1 aromatic heterocycles. The Morgan fingerprint density at radius 2 is 0.844 bits per heavy atom. The zero-order valence-corrected chi connectivity index (χ0v) is 24.2. The van der Waals surface area contributed by atoms with E-state index in [4.69, 9.17) is 4.74 Å². The van der Waals surface area contributed by atoms with Gasteiger partial charge in [-0.15, -0.1) is 10.2 Å². The Bertz CT molecular complexity index is 2070. The van der Waals surface area contributed by atoms with Gasteiger partial charge in [0.1, 0.15) is 0 Å². The maximum atomic E-state index is 6.16. The summed E-state index contributed by atoms with van der Waals surface area (Å²) in [5, 5.41) is 9.16. The predicted molar refractivity (Wildman–Crippen MR) is 179 cm³/mol. The molecule has 1 aliphatic rings. The molecule has 0 spiro atoms.